The summed E-state index contributed by atoms with van der Waals surface area (Å²) in [6.07, 6.45) is 16.4. The molecule has 2 aromatic rings. The molecule has 1 heterocycles. The number of anilines is 1. The third kappa shape index (κ3) is 21.3. The van der Waals surface area contributed by atoms with Crippen LogP contribution in [0.5, 0.6) is 0 Å². The number of esters is 2. The average molecular weight is 772 g/mol. The molecule has 17 heteroatoms. The molecule has 0 aliphatic rings. The number of carbonyl (C=O) groups is 2. The fourth-order valence-electron chi connectivity index (χ4n) is 5.48. The summed E-state index contributed by atoms with van der Waals surface area (Å²) in [5, 5.41) is 21.7. The molecule has 53 heavy (non-hydrogen) atoms. The van der Waals surface area contributed by atoms with Gasteiger partial charge in [0.15, 0.2) is 11.6 Å². The van der Waals surface area contributed by atoms with E-state index in [4.69, 9.17) is 18.5 Å². The maximum absolute atomic E-state index is 12.7. The number of aromatic nitrogens is 2. The van der Waals surface area contributed by atoms with Crippen molar-refractivity contribution >= 4 is 42.2 Å². The minimum Gasteiger partial charge on any atom is -0.756 e. The molecular weight excluding hydrogens is 709 g/mol. The van der Waals surface area contributed by atoms with Crippen LogP contribution in [0.2, 0.25) is 0 Å². The van der Waals surface area contributed by atoms with E-state index in [9.17, 15) is 29.2 Å². The summed E-state index contributed by atoms with van der Waals surface area (Å²) in [6.45, 7) is 2.18. The number of ether oxygens (including phenoxy) is 2. The SMILES string of the molecule is CCCCCCCCCCCCCCCC(=O)OCC(COP(=O)([O-])OCC[N+](C)(C)C)OC(=O)CCCCCNc1ccc([N+](=O)[O-])c2nonc12. The number of benzene rings is 1. The topological polar surface area (TPSA) is 205 Å². The standard InChI is InChI=1S/C36H62N5O11P/c1-5-6-7-8-9-10-11-12-13-14-15-16-18-21-33(42)48-28-30(29-50-53(46,47)49-27-26-41(2,3)4)51-34(43)22-19-17-20-25-37-31-23-24-32(40(44)45)36-35(31)38-52-39-36/h23-24,30H,5-22,25-29H2,1-4H3,(H-,37,39,46,47). The Labute approximate surface area is 313 Å². The molecule has 0 fully saturated rings. The van der Waals surface area contributed by atoms with Gasteiger partial charge in [-0.05, 0) is 35.6 Å². The van der Waals surface area contributed by atoms with Crippen molar-refractivity contribution in [1.29, 1.82) is 0 Å². The number of nitrogens with zero attached hydrogens (tertiary/aromatic N) is 4. The normalized spacial score (nSPS) is 13.5. The Balaban J connectivity index is 1.71. The number of nitro groups is 1. The van der Waals surface area contributed by atoms with E-state index in [1.54, 1.807) is 0 Å². The van der Waals surface area contributed by atoms with Gasteiger partial charge in [0.2, 0.25) is 5.52 Å². The van der Waals surface area contributed by atoms with Crippen molar-refractivity contribution in [2.45, 2.75) is 129 Å². The molecule has 0 aliphatic heterocycles. The number of nitrogens with one attached hydrogen (secondary N) is 1. The fraction of sp³-hybridized carbons (Fsp3) is 0.778. The number of carbonyl (C=O) groups excluding carboxylic acids is 2. The molecular formula is C36H62N5O11P. The summed E-state index contributed by atoms with van der Waals surface area (Å²) in [6, 6.07) is 2.86. The van der Waals surface area contributed by atoms with Gasteiger partial charge in [-0.15, -0.1) is 0 Å². The minimum atomic E-state index is -4.69. The maximum Gasteiger partial charge on any atom is 0.306 e. The number of hydrogen-bond donors (Lipinski definition) is 1. The van der Waals surface area contributed by atoms with Crippen molar-refractivity contribution in [2.75, 3.05) is 59.4 Å². The summed E-state index contributed by atoms with van der Waals surface area (Å²) in [5.74, 6) is -1.03. The molecule has 16 nitrogen and oxygen atoms in total. The Morgan fingerprint density at radius 3 is 2.00 bits per heavy atom. The van der Waals surface area contributed by atoms with Crippen molar-refractivity contribution in [3.63, 3.8) is 0 Å². The number of likely N-dealkylation sites (N-methyl/N-ethyl adjacent to an activating group) is 1. The molecule has 0 saturated carbocycles. The number of fused-ring (bicyclic) bond motifs is 1. The molecule has 0 amide bonds. The lowest BCUT2D eigenvalue weighted by molar-refractivity contribution is -0.870. The Hall–Kier alpha value is -3.17. The summed E-state index contributed by atoms with van der Waals surface area (Å²) in [5.41, 5.74) is 0.636. The third-order valence-corrected chi connectivity index (χ3v) is 9.57. The summed E-state index contributed by atoms with van der Waals surface area (Å²) >= 11 is 0. The lowest BCUT2D eigenvalue weighted by atomic mass is 10.0. The summed E-state index contributed by atoms with van der Waals surface area (Å²) < 4.78 is 38.3. The number of hydrogen-bond acceptors (Lipinski definition) is 14. The van der Waals surface area contributed by atoms with Gasteiger partial charge in [0.25, 0.3) is 7.82 Å². The predicted molar refractivity (Wildman–Crippen MR) is 199 cm³/mol. The highest BCUT2D eigenvalue weighted by atomic mass is 31.2. The minimum absolute atomic E-state index is 0.0490. The van der Waals surface area contributed by atoms with Crippen molar-refractivity contribution < 1.29 is 51.6 Å². The maximum atomic E-state index is 12.7. The van der Waals surface area contributed by atoms with Gasteiger partial charge in [-0.2, -0.15) is 0 Å². The van der Waals surface area contributed by atoms with E-state index in [1.807, 2.05) is 21.1 Å². The second-order valence-electron chi connectivity index (χ2n) is 14.5. The van der Waals surface area contributed by atoms with Gasteiger partial charge in [0.1, 0.15) is 19.8 Å². The van der Waals surface area contributed by atoms with Crippen LogP contribution in [0, 0.1) is 10.1 Å². The van der Waals surface area contributed by atoms with Crippen LogP contribution in [-0.2, 0) is 32.7 Å². The lowest BCUT2D eigenvalue weighted by Crippen LogP contribution is -2.37. The number of phosphoric ester groups is 1. The number of non-ortho nitro benzene ring substituents is 1. The van der Waals surface area contributed by atoms with Crippen LogP contribution in [0.3, 0.4) is 0 Å². The Bertz CT molecular complexity index is 1400. The molecule has 1 N–H and O–H groups in total. The smallest absolute Gasteiger partial charge is 0.306 e. The van der Waals surface area contributed by atoms with Crippen LogP contribution in [0.25, 0.3) is 11.0 Å². The quantitative estimate of drug-likeness (QED) is 0.0194. The largest absolute Gasteiger partial charge is 0.756 e. The number of quaternary nitrogens is 1. The second kappa shape index (κ2) is 25.8. The number of unbranched alkanes of at least 4 members (excludes halogenated alkanes) is 14. The number of nitro benzene ring substituents is 1. The molecule has 302 valence electrons. The first kappa shape index (κ1) is 46.0. The van der Waals surface area contributed by atoms with Gasteiger partial charge >= 0.3 is 17.6 Å². The highest BCUT2D eigenvalue weighted by molar-refractivity contribution is 7.45. The highest BCUT2D eigenvalue weighted by Gasteiger charge is 2.22. The zero-order valence-corrected chi connectivity index (χ0v) is 33.1. The van der Waals surface area contributed by atoms with Crippen molar-refractivity contribution in [2.24, 2.45) is 0 Å². The van der Waals surface area contributed by atoms with Gasteiger partial charge < -0.3 is 33.2 Å². The Kier molecular flexibility index (Phi) is 22.4. The van der Waals surface area contributed by atoms with Crippen LogP contribution >= 0.6 is 7.82 Å². The van der Waals surface area contributed by atoms with E-state index in [0.717, 1.165) is 19.3 Å². The van der Waals surface area contributed by atoms with Crippen LogP contribution < -0.4 is 10.2 Å². The van der Waals surface area contributed by atoms with Crippen molar-refractivity contribution in [3.05, 3.63) is 22.2 Å². The first-order valence-corrected chi connectivity index (χ1v) is 20.7. The molecule has 0 aliphatic carbocycles. The Morgan fingerprint density at radius 2 is 1.40 bits per heavy atom. The average Bonchev–Trinajstić information content (AvgIpc) is 3.59. The molecule has 1 aromatic heterocycles. The van der Waals surface area contributed by atoms with E-state index in [1.165, 1.54) is 69.9 Å². The van der Waals surface area contributed by atoms with Crippen LogP contribution in [0.15, 0.2) is 16.8 Å². The molecule has 1 aromatic carbocycles. The fourth-order valence-corrected chi connectivity index (χ4v) is 6.21. The zero-order valence-electron chi connectivity index (χ0n) is 32.2. The monoisotopic (exact) mass is 771 g/mol. The predicted octanol–water partition coefficient (Wildman–Crippen LogP) is 7.25. The van der Waals surface area contributed by atoms with Crippen molar-refractivity contribution in [1.82, 2.24) is 10.3 Å². The second-order valence-corrected chi connectivity index (χ2v) is 15.9. The van der Waals surface area contributed by atoms with Gasteiger partial charge in [0, 0.05) is 25.5 Å². The highest BCUT2D eigenvalue weighted by Crippen LogP contribution is 2.38. The molecule has 0 radical (unpaired) electrons. The summed E-state index contributed by atoms with van der Waals surface area (Å²) in [7, 11) is 0.989. The first-order valence-electron chi connectivity index (χ1n) is 19.2. The lowest BCUT2D eigenvalue weighted by Gasteiger charge is -2.28. The molecule has 0 bridgehead atoms. The van der Waals surface area contributed by atoms with Crippen molar-refractivity contribution in [3.8, 4) is 0 Å². The van der Waals surface area contributed by atoms with E-state index < -0.39 is 37.4 Å². The van der Waals surface area contributed by atoms with Crippen LogP contribution in [0.1, 0.15) is 122 Å². The molecule has 0 saturated heterocycles. The van der Waals surface area contributed by atoms with E-state index >= 15 is 0 Å². The van der Waals surface area contributed by atoms with E-state index in [-0.39, 0.29) is 42.8 Å². The van der Waals surface area contributed by atoms with Gasteiger partial charge in [-0.25, -0.2) is 4.63 Å². The first-order chi connectivity index (χ1) is 25.3. The molecule has 0 spiro atoms. The summed E-state index contributed by atoms with van der Waals surface area (Å²) in [4.78, 5) is 48.1. The molecule has 2 unspecified atom stereocenters. The van der Waals surface area contributed by atoms with Gasteiger partial charge in [-0.3, -0.25) is 24.3 Å². The molecule has 2 atom stereocenters. The Morgan fingerprint density at radius 1 is 0.830 bits per heavy atom. The molecule has 2 rings (SSSR count). The number of rotatable bonds is 32. The van der Waals surface area contributed by atoms with E-state index in [2.05, 4.69) is 27.2 Å². The third-order valence-electron chi connectivity index (χ3n) is 8.61. The van der Waals surface area contributed by atoms with Crippen LogP contribution in [0.4, 0.5) is 11.4 Å². The zero-order chi connectivity index (χ0) is 39.0. The number of phosphoric acid groups is 1. The van der Waals surface area contributed by atoms with Gasteiger partial charge in [0.05, 0.1) is 38.4 Å². The van der Waals surface area contributed by atoms with Crippen LogP contribution in [-0.4, -0.2) is 91.8 Å². The van der Waals surface area contributed by atoms with E-state index in [0.29, 0.717) is 48.9 Å². The van der Waals surface area contributed by atoms with Gasteiger partial charge in [-0.1, -0.05) is 90.4 Å².